The molecule has 0 bridgehead atoms. The molecule has 96 valence electrons. The summed E-state index contributed by atoms with van der Waals surface area (Å²) >= 11 is 18.1. The van der Waals surface area contributed by atoms with Gasteiger partial charge in [0, 0.05) is 30.2 Å². The van der Waals surface area contributed by atoms with Crippen molar-refractivity contribution in [2.45, 2.75) is 11.9 Å². The van der Waals surface area contributed by atoms with Gasteiger partial charge in [-0.15, -0.1) is 11.6 Å². The highest BCUT2D eigenvalue weighted by Gasteiger charge is 2.10. The van der Waals surface area contributed by atoms with Crippen LogP contribution in [0.4, 0.5) is 0 Å². The Morgan fingerprint density at radius 1 is 1.35 bits per heavy atom. The van der Waals surface area contributed by atoms with E-state index in [0.717, 1.165) is 17.1 Å². The Bertz CT molecular complexity index is 360. The lowest BCUT2D eigenvalue weighted by molar-refractivity contribution is 0.181. The van der Waals surface area contributed by atoms with Crippen LogP contribution in [0.2, 0.25) is 10.0 Å². The normalized spacial score (nSPS) is 13.1. The Labute approximate surface area is 117 Å². The molecular formula is C12H16Cl3NO. The Morgan fingerprint density at radius 3 is 2.71 bits per heavy atom. The smallest absolute Gasteiger partial charge is 0.0696 e. The summed E-state index contributed by atoms with van der Waals surface area (Å²) in [6.07, 6.45) is 0. The summed E-state index contributed by atoms with van der Waals surface area (Å²) in [4.78, 5) is 2.09. The summed E-state index contributed by atoms with van der Waals surface area (Å²) in [5, 5.41) is 1.39. The second-order valence-corrected chi connectivity index (χ2v) is 5.45. The highest BCUT2D eigenvalue weighted by atomic mass is 35.5. The molecule has 0 spiro atoms. The van der Waals surface area contributed by atoms with E-state index in [1.54, 1.807) is 19.2 Å². The molecule has 17 heavy (non-hydrogen) atoms. The van der Waals surface area contributed by atoms with E-state index in [2.05, 4.69) is 4.90 Å². The second kappa shape index (κ2) is 7.45. The molecule has 0 fully saturated rings. The first-order chi connectivity index (χ1) is 8.02. The van der Waals surface area contributed by atoms with Crippen molar-refractivity contribution >= 4 is 34.8 Å². The first kappa shape index (κ1) is 15.1. The molecule has 1 atom stereocenters. The van der Waals surface area contributed by atoms with E-state index in [-0.39, 0.29) is 5.38 Å². The zero-order valence-electron chi connectivity index (χ0n) is 9.92. The summed E-state index contributed by atoms with van der Waals surface area (Å²) in [7, 11) is 3.63. The van der Waals surface area contributed by atoms with Crippen LogP contribution in [0.15, 0.2) is 18.2 Å². The number of halogens is 3. The Balaban J connectivity index is 2.55. The molecule has 0 aromatic heterocycles. The minimum Gasteiger partial charge on any atom is -0.383 e. The number of ether oxygens (including phenoxy) is 1. The minimum atomic E-state index is -0.0250. The number of nitrogens with zero attached hydrogens (tertiary/aromatic N) is 1. The maximum Gasteiger partial charge on any atom is 0.0696 e. The average molecular weight is 297 g/mol. The number of methoxy groups -OCH3 is 1. The summed E-state index contributed by atoms with van der Waals surface area (Å²) < 4.78 is 4.99. The molecule has 0 N–H and O–H groups in total. The van der Waals surface area contributed by atoms with Crippen molar-refractivity contribution in [2.24, 2.45) is 0 Å². The fraction of sp³-hybridized carbons (Fsp3) is 0.500. The lowest BCUT2D eigenvalue weighted by atomic mass is 10.2. The molecule has 0 aliphatic heterocycles. The molecule has 1 aromatic rings. The average Bonchev–Trinajstić information content (AvgIpc) is 2.23. The SMILES string of the molecule is COCC(Cl)CN(C)Cc1cc(Cl)ccc1Cl. The molecule has 5 heteroatoms. The van der Waals surface area contributed by atoms with Gasteiger partial charge in [-0.1, -0.05) is 23.2 Å². The van der Waals surface area contributed by atoms with Crippen molar-refractivity contribution in [2.75, 3.05) is 27.3 Å². The predicted molar refractivity (Wildman–Crippen MR) is 74.3 cm³/mol. The monoisotopic (exact) mass is 295 g/mol. The van der Waals surface area contributed by atoms with Gasteiger partial charge in [0.25, 0.3) is 0 Å². The summed E-state index contributed by atoms with van der Waals surface area (Å²) in [6.45, 7) is 1.99. The fourth-order valence-corrected chi connectivity index (χ4v) is 2.33. The van der Waals surface area contributed by atoms with E-state index >= 15 is 0 Å². The Kier molecular flexibility index (Phi) is 6.60. The molecule has 1 unspecified atom stereocenters. The van der Waals surface area contributed by atoms with Crippen LogP contribution >= 0.6 is 34.8 Å². The Hall–Kier alpha value is 0.01000. The number of hydrogen-bond acceptors (Lipinski definition) is 2. The van der Waals surface area contributed by atoms with Gasteiger partial charge in [0.1, 0.15) is 0 Å². The van der Waals surface area contributed by atoms with Crippen LogP contribution in [0.5, 0.6) is 0 Å². The van der Waals surface area contributed by atoms with Gasteiger partial charge in [-0.05, 0) is 30.8 Å². The molecule has 0 aliphatic rings. The lowest BCUT2D eigenvalue weighted by Gasteiger charge is -2.20. The highest BCUT2D eigenvalue weighted by molar-refractivity contribution is 6.33. The van der Waals surface area contributed by atoms with Gasteiger partial charge < -0.3 is 9.64 Å². The summed E-state index contributed by atoms with van der Waals surface area (Å²) in [6, 6.07) is 5.46. The molecule has 0 saturated heterocycles. The van der Waals surface area contributed by atoms with Gasteiger partial charge in [0.15, 0.2) is 0 Å². The van der Waals surface area contributed by atoms with Gasteiger partial charge >= 0.3 is 0 Å². The van der Waals surface area contributed by atoms with Crippen molar-refractivity contribution in [3.05, 3.63) is 33.8 Å². The number of alkyl halides is 1. The van der Waals surface area contributed by atoms with E-state index in [4.69, 9.17) is 39.5 Å². The van der Waals surface area contributed by atoms with Gasteiger partial charge in [0.05, 0.1) is 12.0 Å². The van der Waals surface area contributed by atoms with E-state index in [0.29, 0.717) is 18.2 Å². The van der Waals surface area contributed by atoms with Crippen molar-refractivity contribution < 1.29 is 4.74 Å². The zero-order chi connectivity index (χ0) is 12.8. The highest BCUT2D eigenvalue weighted by Crippen LogP contribution is 2.21. The molecular weight excluding hydrogens is 280 g/mol. The molecule has 0 saturated carbocycles. The lowest BCUT2D eigenvalue weighted by Crippen LogP contribution is -2.28. The van der Waals surface area contributed by atoms with Crippen molar-refractivity contribution in [3.8, 4) is 0 Å². The molecule has 0 aliphatic carbocycles. The standard InChI is InChI=1S/C12H16Cl3NO/c1-16(7-11(14)8-17-2)6-9-5-10(13)3-4-12(9)15/h3-5,11H,6-8H2,1-2H3. The van der Waals surface area contributed by atoms with Crippen molar-refractivity contribution in [1.29, 1.82) is 0 Å². The summed E-state index contributed by atoms with van der Waals surface area (Å²) in [5.41, 5.74) is 1.00. The number of hydrogen-bond donors (Lipinski definition) is 0. The number of rotatable bonds is 6. The van der Waals surface area contributed by atoms with Crippen LogP contribution < -0.4 is 0 Å². The van der Waals surface area contributed by atoms with E-state index in [1.807, 2.05) is 13.1 Å². The van der Waals surface area contributed by atoms with E-state index < -0.39 is 0 Å². The zero-order valence-corrected chi connectivity index (χ0v) is 12.2. The third-order valence-electron chi connectivity index (χ3n) is 2.31. The van der Waals surface area contributed by atoms with Gasteiger partial charge in [-0.3, -0.25) is 0 Å². The van der Waals surface area contributed by atoms with Crippen LogP contribution in [-0.4, -0.2) is 37.6 Å². The molecule has 2 nitrogen and oxygen atoms in total. The maximum atomic E-state index is 6.10. The molecule has 1 rings (SSSR count). The molecule has 0 heterocycles. The number of benzene rings is 1. The van der Waals surface area contributed by atoms with Crippen LogP contribution in [0.1, 0.15) is 5.56 Å². The first-order valence-corrected chi connectivity index (χ1v) is 6.47. The third kappa shape index (κ3) is 5.45. The van der Waals surface area contributed by atoms with Gasteiger partial charge in [-0.2, -0.15) is 0 Å². The van der Waals surface area contributed by atoms with Crippen LogP contribution in [-0.2, 0) is 11.3 Å². The van der Waals surface area contributed by atoms with Gasteiger partial charge in [0.2, 0.25) is 0 Å². The molecule has 0 radical (unpaired) electrons. The quantitative estimate of drug-likeness (QED) is 0.743. The van der Waals surface area contributed by atoms with E-state index in [9.17, 15) is 0 Å². The second-order valence-electron chi connectivity index (χ2n) is 3.99. The van der Waals surface area contributed by atoms with Crippen LogP contribution in [0.25, 0.3) is 0 Å². The topological polar surface area (TPSA) is 12.5 Å². The molecule has 1 aromatic carbocycles. The predicted octanol–water partition coefficient (Wildman–Crippen LogP) is 3.68. The first-order valence-electron chi connectivity index (χ1n) is 5.28. The fourth-order valence-electron chi connectivity index (χ4n) is 1.59. The largest absolute Gasteiger partial charge is 0.383 e. The van der Waals surface area contributed by atoms with Crippen molar-refractivity contribution in [3.63, 3.8) is 0 Å². The molecule has 0 amide bonds. The van der Waals surface area contributed by atoms with Crippen molar-refractivity contribution in [1.82, 2.24) is 4.90 Å². The summed E-state index contributed by atoms with van der Waals surface area (Å²) in [5.74, 6) is 0. The van der Waals surface area contributed by atoms with Gasteiger partial charge in [-0.25, -0.2) is 0 Å². The van der Waals surface area contributed by atoms with E-state index in [1.165, 1.54) is 0 Å². The minimum absolute atomic E-state index is 0.0250. The third-order valence-corrected chi connectivity index (χ3v) is 3.17. The van der Waals surface area contributed by atoms with Crippen LogP contribution in [0.3, 0.4) is 0 Å². The maximum absolute atomic E-state index is 6.10. The van der Waals surface area contributed by atoms with Crippen LogP contribution in [0, 0.1) is 0 Å². The Morgan fingerprint density at radius 2 is 2.06 bits per heavy atom.